The maximum absolute atomic E-state index is 12.2. The normalized spacial score (nSPS) is 17.6. The van der Waals surface area contributed by atoms with Gasteiger partial charge >= 0.3 is 5.97 Å². The molecule has 1 fully saturated rings. The summed E-state index contributed by atoms with van der Waals surface area (Å²) in [5.74, 6) is 5.89. The highest BCUT2D eigenvalue weighted by atomic mass is 32.1. The molecule has 0 saturated carbocycles. The number of carbonyl (C=O) groups excluding carboxylic acids is 2. The molecule has 0 radical (unpaired) electrons. The molecule has 1 aliphatic heterocycles. The van der Waals surface area contributed by atoms with Gasteiger partial charge in [0.25, 0.3) is 0 Å². The Kier molecular flexibility index (Phi) is 6.90. The van der Waals surface area contributed by atoms with Gasteiger partial charge in [-0.15, -0.1) is 11.3 Å². The molecule has 1 atom stereocenters. The molecule has 0 N–H and O–H groups in total. The van der Waals surface area contributed by atoms with Crippen LogP contribution in [0.15, 0.2) is 12.1 Å². The van der Waals surface area contributed by atoms with Crippen molar-refractivity contribution in [1.82, 2.24) is 4.90 Å². The first-order chi connectivity index (χ1) is 12.5. The summed E-state index contributed by atoms with van der Waals surface area (Å²) in [7, 11) is -0.476. The SMILES string of the molecule is COC(=O)c1ccc(C#CCN2C(=O)CC[C@@H]2CO[Si](C)(C)C(C)(C)C)s1. The topological polar surface area (TPSA) is 55.8 Å². The fourth-order valence-corrected chi connectivity index (χ4v) is 4.37. The summed E-state index contributed by atoms with van der Waals surface area (Å²) in [5, 5.41) is 0.150. The first-order valence-electron chi connectivity index (χ1n) is 9.15. The first kappa shape index (κ1) is 21.7. The second-order valence-electron chi connectivity index (χ2n) is 8.24. The van der Waals surface area contributed by atoms with Crippen LogP contribution in [0, 0.1) is 11.8 Å². The number of esters is 1. The number of thiophene rings is 1. The van der Waals surface area contributed by atoms with E-state index in [-0.39, 0.29) is 23.0 Å². The number of methoxy groups -OCH3 is 1. The van der Waals surface area contributed by atoms with Gasteiger partial charge < -0.3 is 14.1 Å². The van der Waals surface area contributed by atoms with Crippen molar-refractivity contribution < 1.29 is 18.8 Å². The molecule has 27 heavy (non-hydrogen) atoms. The van der Waals surface area contributed by atoms with Crippen molar-refractivity contribution in [1.29, 1.82) is 0 Å². The standard InChI is InChI=1S/C20H29NO4SSi/c1-20(2,3)27(5,6)25-14-15-9-12-18(22)21(15)13-7-8-16-10-11-17(26-16)19(23)24-4/h10-11,15H,9,12-14H2,1-6H3/t15-/m1/s1. The van der Waals surface area contributed by atoms with Gasteiger partial charge in [0.15, 0.2) is 8.32 Å². The molecule has 5 nitrogen and oxygen atoms in total. The minimum Gasteiger partial charge on any atom is -0.465 e. The van der Waals surface area contributed by atoms with Gasteiger partial charge in [-0.3, -0.25) is 4.79 Å². The second-order valence-corrected chi connectivity index (χ2v) is 14.1. The van der Waals surface area contributed by atoms with Gasteiger partial charge in [0.05, 0.1) is 31.2 Å². The van der Waals surface area contributed by atoms with Crippen molar-refractivity contribution in [3.8, 4) is 11.8 Å². The second kappa shape index (κ2) is 8.59. The van der Waals surface area contributed by atoms with Crippen LogP contribution in [0.2, 0.25) is 18.1 Å². The molecule has 0 spiro atoms. The van der Waals surface area contributed by atoms with Crippen molar-refractivity contribution in [2.24, 2.45) is 0 Å². The Balaban J connectivity index is 1.97. The molecular weight excluding hydrogens is 378 g/mol. The number of hydrogen-bond donors (Lipinski definition) is 0. The smallest absolute Gasteiger partial charge is 0.348 e. The van der Waals surface area contributed by atoms with E-state index in [1.165, 1.54) is 18.4 Å². The lowest BCUT2D eigenvalue weighted by atomic mass is 10.2. The van der Waals surface area contributed by atoms with E-state index in [0.29, 0.717) is 24.4 Å². The Bertz CT molecular complexity index is 754. The Hall–Kier alpha value is -1.62. The van der Waals surface area contributed by atoms with Crippen molar-refractivity contribution >= 4 is 31.5 Å². The van der Waals surface area contributed by atoms with E-state index in [1.807, 2.05) is 4.90 Å². The molecule has 2 rings (SSSR count). The molecular formula is C20H29NO4SSi. The van der Waals surface area contributed by atoms with E-state index < -0.39 is 8.32 Å². The summed E-state index contributed by atoms with van der Waals surface area (Å²) in [6.45, 7) is 12.1. The lowest BCUT2D eigenvalue weighted by Gasteiger charge is -2.37. The number of amides is 1. The molecule has 148 valence electrons. The first-order valence-corrected chi connectivity index (χ1v) is 12.9. The lowest BCUT2D eigenvalue weighted by molar-refractivity contribution is -0.128. The number of likely N-dealkylation sites (tertiary alicyclic amines) is 1. The zero-order chi connectivity index (χ0) is 20.2. The molecule has 1 amide bonds. The van der Waals surface area contributed by atoms with Gasteiger partial charge in [0.1, 0.15) is 4.88 Å². The monoisotopic (exact) mass is 407 g/mol. The fraction of sp³-hybridized carbons (Fsp3) is 0.600. The van der Waals surface area contributed by atoms with Gasteiger partial charge in [-0.2, -0.15) is 0 Å². The maximum Gasteiger partial charge on any atom is 0.348 e. The minimum absolute atomic E-state index is 0.0925. The minimum atomic E-state index is -1.84. The van der Waals surface area contributed by atoms with E-state index in [9.17, 15) is 9.59 Å². The molecule has 0 unspecified atom stereocenters. The third kappa shape index (κ3) is 5.44. The largest absolute Gasteiger partial charge is 0.465 e. The molecule has 0 aliphatic carbocycles. The molecule has 0 bridgehead atoms. The molecule has 1 aromatic rings. The third-order valence-corrected chi connectivity index (χ3v) is 10.8. The van der Waals surface area contributed by atoms with E-state index in [4.69, 9.17) is 9.16 Å². The lowest BCUT2D eigenvalue weighted by Crippen LogP contribution is -2.45. The van der Waals surface area contributed by atoms with Gasteiger partial charge in [0.2, 0.25) is 5.91 Å². The number of hydrogen-bond acceptors (Lipinski definition) is 5. The molecule has 2 heterocycles. The zero-order valence-corrected chi connectivity index (χ0v) is 18.9. The van der Waals surface area contributed by atoms with Crippen molar-refractivity contribution in [3.05, 3.63) is 21.9 Å². The van der Waals surface area contributed by atoms with E-state index in [2.05, 4.69) is 45.7 Å². The van der Waals surface area contributed by atoms with Crippen LogP contribution >= 0.6 is 11.3 Å². The van der Waals surface area contributed by atoms with Crippen LogP contribution in [0.5, 0.6) is 0 Å². The van der Waals surface area contributed by atoms with Crippen LogP contribution in [0.1, 0.15) is 48.2 Å². The van der Waals surface area contributed by atoms with Gasteiger partial charge in [-0.25, -0.2) is 4.79 Å². The number of carbonyl (C=O) groups is 2. The third-order valence-electron chi connectivity index (χ3n) is 5.35. The van der Waals surface area contributed by atoms with Gasteiger partial charge in [-0.1, -0.05) is 32.6 Å². The van der Waals surface area contributed by atoms with Crippen LogP contribution in [0.4, 0.5) is 0 Å². The van der Waals surface area contributed by atoms with Crippen LogP contribution < -0.4 is 0 Å². The Morgan fingerprint density at radius 3 is 2.70 bits per heavy atom. The average Bonchev–Trinajstić information content (AvgIpc) is 3.19. The predicted octanol–water partition coefficient (Wildman–Crippen LogP) is 3.90. The van der Waals surface area contributed by atoms with E-state index >= 15 is 0 Å². The van der Waals surface area contributed by atoms with Gasteiger partial charge in [-0.05, 0) is 36.7 Å². The van der Waals surface area contributed by atoms with Crippen molar-refractivity contribution in [2.45, 2.75) is 57.8 Å². The quantitative estimate of drug-likeness (QED) is 0.422. The van der Waals surface area contributed by atoms with E-state index in [1.54, 1.807) is 12.1 Å². The Labute approximate surface area is 167 Å². The van der Waals surface area contributed by atoms with Crippen LogP contribution in [0.25, 0.3) is 0 Å². The predicted molar refractivity (Wildman–Crippen MR) is 110 cm³/mol. The highest BCUT2D eigenvalue weighted by Gasteiger charge is 2.39. The average molecular weight is 408 g/mol. The van der Waals surface area contributed by atoms with Crippen LogP contribution in [-0.2, 0) is 14.0 Å². The molecule has 1 saturated heterocycles. The molecule has 0 aromatic carbocycles. The van der Waals surface area contributed by atoms with Crippen molar-refractivity contribution in [3.63, 3.8) is 0 Å². The summed E-state index contributed by atoms with van der Waals surface area (Å²) in [5.41, 5.74) is 0. The summed E-state index contributed by atoms with van der Waals surface area (Å²) in [6, 6.07) is 3.60. The molecule has 1 aromatic heterocycles. The Morgan fingerprint density at radius 1 is 1.37 bits per heavy atom. The highest BCUT2D eigenvalue weighted by Crippen LogP contribution is 2.37. The summed E-state index contributed by atoms with van der Waals surface area (Å²) in [4.78, 5) is 26.9. The van der Waals surface area contributed by atoms with Crippen molar-refractivity contribution in [2.75, 3.05) is 20.3 Å². The summed E-state index contributed by atoms with van der Waals surface area (Å²) in [6.07, 6.45) is 1.37. The molecule has 1 aliphatic rings. The van der Waals surface area contributed by atoms with E-state index in [0.717, 1.165) is 11.3 Å². The van der Waals surface area contributed by atoms with Crippen LogP contribution in [0.3, 0.4) is 0 Å². The van der Waals surface area contributed by atoms with Gasteiger partial charge in [0, 0.05) is 6.42 Å². The fourth-order valence-electron chi connectivity index (χ4n) is 2.53. The maximum atomic E-state index is 12.2. The molecule has 7 heteroatoms. The number of nitrogens with zero attached hydrogens (tertiary/aromatic N) is 1. The number of rotatable bonds is 5. The summed E-state index contributed by atoms with van der Waals surface area (Å²) >= 11 is 1.30. The van der Waals surface area contributed by atoms with Crippen LogP contribution in [-0.4, -0.2) is 51.4 Å². The zero-order valence-electron chi connectivity index (χ0n) is 17.0. The Morgan fingerprint density at radius 2 is 2.07 bits per heavy atom. The number of ether oxygens (including phenoxy) is 1. The summed E-state index contributed by atoms with van der Waals surface area (Å²) < 4.78 is 11.0. The highest BCUT2D eigenvalue weighted by molar-refractivity contribution is 7.14.